The van der Waals surface area contributed by atoms with Gasteiger partial charge in [0.25, 0.3) is 0 Å². The van der Waals surface area contributed by atoms with E-state index in [0.29, 0.717) is 0 Å². The van der Waals surface area contributed by atoms with Gasteiger partial charge in [-0.3, -0.25) is 9.88 Å². The number of thiophene rings is 1. The van der Waals surface area contributed by atoms with Crippen LogP contribution in [0.4, 0.5) is 0 Å². The molecule has 152 valence electrons. The minimum Gasteiger partial charge on any atom is -0.375 e. The number of fused-ring (bicyclic) bond motifs is 1. The van der Waals surface area contributed by atoms with Crippen molar-refractivity contribution in [2.45, 2.75) is 68.9 Å². The molecular weight excluding hydrogens is 388 g/mol. The highest BCUT2D eigenvalue weighted by molar-refractivity contribution is 7.10. The topological polar surface area (TPSA) is 25.4 Å². The summed E-state index contributed by atoms with van der Waals surface area (Å²) < 4.78 is 6.39. The molecule has 1 aliphatic carbocycles. The molecule has 0 aromatic carbocycles. The number of rotatable bonds is 4. The number of ether oxygens (including phenoxy) is 1. The van der Waals surface area contributed by atoms with Crippen molar-refractivity contribution in [2.24, 2.45) is 0 Å². The van der Waals surface area contributed by atoms with Gasteiger partial charge in [0.15, 0.2) is 0 Å². The molecule has 1 saturated heterocycles. The zero-order chi connectivity index (χ0) is 18.2. The third kappa shape index (κ3) is 3.89. The summed E-state index contributed by atoms with van der Waals surface area (Å²) in [6, 6.07) is 8.79. The first-order chi connectivity index (χ1) is 13.3. The lowest BCUT2D eigenvalue weighted by Gasteiger charge is -2.47. The largest absolute Gasteiger partial charge is 0.375 e. The summed E-state index contributed by atoms with van der Waals surface area (Å²) in [5.74, 6) is 0. The summed E-state index contributed by atoms with van der Waals surface area (Å²) >= 11 is 1.93. The fourth-order valence-corrected chi connectivity index (χ4v) is 6.62. The van der Waals surface area contributed by atoms with E-state index in [2.05, 4.69) is 28.5 Å². The molecule has 2 fully saturated rings. The van der Waals surface area contributed by atoms with E-state index >= 15 is 0 Å². The molecule has 2 aromatic rings. The SMILES string of the molecule is Cl.c1ccc([C@]2(CCN3CCc4ccsc4C3)CCOC3(CCCC3)C2)nc1. The molecular formula is C23H31ClN2OS. The second-order valence-corrected chi connectivity index (χ2v) is 9.81. The molecule has 0 N–H and O–H groups in total. The maximum Gasteiger partial charge on any atom is 0.0691 e. The summed E-state index contributed by atoms with van der Waals surface area (Å²) in [5, 5.41) is 2.26. The quantitative estimate of drug-likeness (QED) is 0.666. The van der Waals surface area contributed by atoms with Crippen LogP contribution in [-0.4, -0.2) is 35.2 Å². The van der Waals surface area contributed by atoms with Crippen molar-refractivity contribution in [3.05, 3.63) is 52.0 Å². The van der Waals surface area contributed by atoms with Gasteiger partial charge in [-0.2, -0.15) is 0 Å². The third-order valence-corrected chi connectivity index (χ3v) is 8.13. The normalized spacial score (nSPS) is 26.7. The van der Waals surface area contributed by atoms with Gasteiger partial charge in [0.05, 0.1) is 5.60 Å². The van der Waals surface area contributed by atoms with Crippen LogP contribution in [0.1, 0.15) is 61.1 Å². The van der Waals surface area contributed by atoms with Crippen LogP contribution in [0.15, 0.2) is 35.8 Å². The Labute approximate surface area is 178 Å². The predicted molar refractivity (Wildman–Crippen MR) is 117 cm³/mol. The van der Waals surface area contributed by atoms with Gasteiger partial charge in [0.2, 0.25) is 0 Å². The van der Waals surface area contributed by atoms with Gasteiger partial charge in [-0.15, -0.1) is 23.7 Å². The number of halogens is 1. The van der Waals surface area contributed by atoms with Crippen LogP contribution >= 0.6 is 23.7 Å². The first-order valence-electron chi connectivity index (χ1n) is 10.6. The van der Waals surface area contributed by atoms with Crippen LogP contribution < -0.4 is 0 Å². The monoisotopic (exact) mass is 418 g/mol. The summed E-state index contributed by atoms with van der Waals surface area (Å²) in [4.78, 5) is 9.09. The Hall–Kier alpha value is -0.940. The highest BCUT2D eigenvalue weighted by atomic mass is 35.5. The molecule has 1 spiro atoms. The average Bonchev–Trinajstić information content (AvgIpc) is 3.36. The zero-order valence-electron chi connectivity index (χ0n) is 16.6. The lowest BCUT2D eigenvalue weighted by atomic mass is 9.68. The van der Waals surface area contributed by atoms with Crippen LogP contribution in [0.5, 0.6) is 0 Å². The zero-order valence-corrected chi connectivity index (χ0v) is 18.2. The van der Waals surface area contributed by atoms with E-state index in [4.69, 9.17) is 9.72 Å². The molecule has 1 atom stereocenters. The minimum atomic E-state index is 0. The van der Waals surface area contributed by atoms with Crippen molar-refractivity contribution in [3.63, 3.8) is 0 Å². The van der Waals surface area contributed by atoms with E-state index in [1.807, 2.05) is 23.6 Å². The fraction of sp³-hybridized carbons (Fsp3) is 0.609. The van der Waals surface area contributed by atoms with Crippen molar-refractivity contribution < 1.29 is 4.74 Å². The molecule has 28 heavy (non-hydrogen) atoms. The van der Waals surface area contributed by atoms with Crippen LogP contribution in [0.2, 0.25) is 0 Å². The molecule has 4 heterocycles. The Morgan fingerprint density at radius 2 is 2.04 bits per heavy atom. The molecule has 5 rings (SSSR count). The summed E-state index contributed by atoms with van der Waals surface area (Å²) in [6.07, 6.45) is 11.8. The Balaban J connectivity index is 0.00000192. The molecule has 2 aromatic heterocycles. The van der Waals surface area contributed by atoms with Crippen molar-refractivity contribution in [1.82, 2.24) is 9.88 Å². The van der Waals surface area contributed by atoms with Crippen molar-refractivity contribution in [3.8, 4) is 0 Å². The van der Waals surface area contributed by atoms with Crippen LogP contribution in [-0.2, 0) is 23.1 Å². The van der Waals surface area contributed by atoms with Gasteiger partial charge in [-0.25, -0.2) is 0 Å². The van der Waals surface area contributed by atoms with E-state index in [0.717, 1.165) is 26.0 Å². The van der Waals surface area contributed by atoms with E-state index in [9.17, 15) is 0 Å². The summed E-state index contributed by atoms with van der Waals surface area (Å²) in [6.45, 7) is 4.40. The molecule has 0 bridgehead atoms. The molecule has 3 aliphatic rings. The Morgan fingerprint density at radius 1 is 1.14 bits per heavy atom. The number of hydrogen-bond acceptors (Lipinski definition) is 4. The smallest absolute Gasteiger partial charge is 0.0691 e. The van der Waals surface area contributed by atoms with Gasteiger partial charge in [-0.05, 0) is 74.2 Å². The molecule has 1 saturated carbocycles. The molecule has 0 amide bonds. The molecule has 2 aliphatic heterocycles. The predicted octanol–water partition coefficient (Wildman–Crippen LogP) is 5.37. The average molecular weight is 419 g/mol. The lowest BCUT2D eigenvalue weighted by Crippen LogP contribution is -2.48. The van der Waals surface area contributed by atoms with E-state index in [1.54, 1.807) is 10.4 Å². The Morgan fingerprint density at radius 3 is 2.86 bits per heavy atom. The van der Waals surface area contributed by atoms with Crippen molar-refractivity contribution in [2.75, 3.05) is 19.7 Å². The van der Waals surface area contributed by atoms with Crippen LogP contribution in [0, 0.1) is 0 Å². The number of aromatic nitrogens is 1. The fourth-order valence-electron chi connectivity index (χ4n) is 5.65. The molecule has 3 nitrogen and oxygen atoms in total. The van der Waals surface area contributed by atoms with Gasteiger partial charge in [0, 0.05) is 41.9 Å². The highest BCUT2D eigenvalue weighted by Crippen LogP contribution is 2.49. The first kappa shape index (κ1) is 20.3. The standard InChI is InChI=1S/C23H30N2OS.ClH/c1-4-12-24-21(5-1)22(11-15-26-23(18-22)8-2-3-9-23)10-14-25-13-6-19-7-16-27-20(19)17-25;/h1,4-5,7,12,16H,2-3,6,8-11,13-15,17-18H2;1H/t22-;/m1./s1. The molecule has 0 radical (unpaired) electrons. The van der Waals surface area contributed by atoms with E-state index in [1.165, 1.54) is 57.3 Å². The summed E-state index contributed by atoms with van der Waals surface area (Å²) in [5.41, 5.74) is 3.18. The van der Waals surface area contributed by atoms with Gasteiger partial charge >= 0.3 is 0 Å². The number of pyridine rings is 1. The molecule has 0 unspecified atom stereocenters. The second kappa shape index (κ2) is 8.43. The Bertz CT molecular complexity index is 774. The van der Waals surface area contributed by atoms with E-state index in [-0.39, 0.29) is 23.4 Å². The van der Waals surface area contributed by atoms with Gasteiger partial charge < -0.3 is 4.74 Å². The number of nitrogens with zero attached hydrogens (tertiary/aromatic N) is 2. The van der Waals surface area contributed by atoms with Gasteiger partial charge in [-0.1, -0.05) is 18.9 Å². The van der Waals surface area contributed by atoms with Gasteiger partial charge in [0.1, 0.15) is 0 Å². The number of hydrogen-bond donors (Lipinski definition) is 0. The molecule has 5 heteroatoms. The second-order valence-electron chi connectivity index (χ2n) is 8.81. The Kier molecular flexibility index (Phi) is 6.12. The van der Waals surface area contributed by atoms with Crippen LogP contribution in [0.25, 0.3) is 0 Å². The first-order valence-corrected chi connectivity index (χ1v) is 11.5. The highest BCUT2D eigenvalue weighted by Gasteiger charge is 2.48. The van der Waals surface area contributed by atoms with Crippen molar-refractivity contribution in [1.29, 1.82) is 0 Å². The van der Waals surface area contributed by atoms with Crippen molar-refractivity contribution >= 4 is 23.7 Å². The summed E-state index contributed by atoms with van der Waals surface area (Å²) in [7, 11) is 0. The maximum atomic E-state index is 6.39. The maximum absolute atomic E-state index is 6.39. The third-order valence-electron chi connectivity index (χ3n) is 7.18. The minimum absolute atomic E-state index is 0. The van der Waals surface area contributed by atoms with E-state index < -0.39 is 0 Å². The van der Waals surface area contributed by atoms with Crippen LogP contribution in [0.3, 0.4) is 0 Å². The lowest BCUT2D eigenvalue weighted by molar-refractivity contribution is -0.105.